The minimum absolute atomic E-state index is 0.00874. The van der Waals surface area contributed by atoms with Crippen LogP contribution < -0.4 is 4.74 Å². The Morgan fingerprint density at radius 3 is 1.93 bits per heavy atom. The van der Waals surface area contributed by atoms with Crippen LogP contribution in [-0.4, -0.2) is 70.2 Å². The van der Waals surface area contributed by atoms with Crippen LogP contribution in [0.5, 0.6) is 5.75 Å². The lowest BCUT2D eigenvalue weighted by molar-refractivity contribution is -0.137. The van der Waals surface area contributed by atoms with Gasteiger partial charge in [-0.15, -0.1) is 0 Å². The fraction of sp³-hybridized carbons (Fsp3) is 0.387. The predicted octanol–water partition coefficient (Wildman–Crippen LogP) is 5.87. The van der Waals surface area contributed by atoms with Crippen LogP contribution in [0.2, 0.25) is 10.0 Å². The molecule has 1 aliphatic heterocycles. The second-order valence-corrected chi connectivity index (χ2v) is 11.3. The van der Waals surface area contributed by atoms with Crippen molar-refractivity contribution in [2.75, 3.05) is 32.9 Å². The van der Waals surface area contributed by atoms with Crippen LogP contribution in [-0.2, 0) is 17.3 Å². The number of amidine groups is 1. The lowest BCUT2D eigenvalue weighted by Gasteiger charge is -2.50. The highest BCUT2D eigenvalue weighted by atomic mass is 35.5. The van der Waals surface area contributed by atoms with Gasteiger partial charge in [-0.05, 0) is 74.4 Å². The summed E-state index contributed by atoms with van der Waals surface area (Å²) in [4.78, 5) is 8.23. The maximum Gasteiger partial charge on any atom is 0.416 e. The summed E-state index contributed by atoms with van der Waals surface area (Å²) in [5, 5.41) is 32.7. The molecule has 1 aliphatic rings. The second kappa shape index (κ2) is 13.0. The van der Waals surface area contributed by atoms with Crippen LogP contribution in [0, 0.1) is 0 Å². The summed E-state index contributed by atoms with van der Waals surface area (Å²) in [5.41, 5.74) is -1.66. The van der Waals surface area contributed by atoms with Gasteiger partial charge in [-0.25, -0.2) is 0 Å². The fourth-order valence-corrected chi connectivity index (χ4v) is 5.84. The van der Waals surface area contributed by atoms with E-state index in [0.29, 0.717) is 21.2 Å². The number of rotatable bonds is 11. The molecule has 232 valence electrons. The van der Waals surface area contributed by atoms with Gasteiger partial charge in [-0.3, -0.25) is 9.89 Å². The molecule has 12 heteroatoms. The Labute approximate surface area is 258 Å². The minimum atomic E-state index is -4.62. The van der Waals surface area contributed by atoms with Crippen LogP contribution >= 0.6 is 23.2 Å². The highest BCUT2D eigenvalue weighted by Gasteiger charge is 2.59. The summed E-state index contributed by atoms with van der Waals surface area (Å²) in [5.74, 6) is 0.0865. The number of aliphatic hydroxyl groups is 3. The second-order valence-electron chi connectivity index (χ2n) is 10.4. The number of aliphatic imine (C=N–C) groups is 1. The van der Waals surface area contributed by atoms with E-state index in [1.807, 2.05) is 26.0 Å². The summed E-state index contributed by atoms with van der Waals surface area (Å²) in [6.45, 7) is 4.80. The summed E-state index contributed by atoms with van der Waals surface area (Å²) in [6, 6.07) is 17.2. The first kappa shape index (κ1) is 33.0. The third kappa shape index (κ3) is 6.22. The van der Waals surface area contributed by atoms with E-state index in [1.165, 1.54) is 11.0 Å². The molecule has 3 aromatic rings. The quantitative estimate of drug-likeness (QED) is 0.228. The maximum absolute atomic E-state index is 13.7. The van der Waals surface area contributed by atoms with Crippen molar-refractivity contribution < 1.29 is 33.2 Å². The van der Waals surface area contributed by atoms with Gasteiger partial charge in [0, 0.05) is 23.1 Å². The molecule has 0 bridgehead atoms. The van der Waals surface area contributed by atoms with Crippen LogP contribution in [0.1, 0.15) is 43.0 Å². The molecule has 0 spiro atoms. The van der Waals surface area contributed by atoms with E-state index in [1.54, 1.807) is 48.2 Å². The van der Waals surface area contributed by atoms with Crippen molar-refractivity contribution in [1.29, 1.82) is 0 Å². The van der Waals surface area contributed by atoms with Crippen LogP contribution in [0.25, 0.3) is 0 Å². The Balaban J connectivity index is 2.08. The predicted molar refractivity (Wildman–Crippen MR) is 160 cm³/mol. The molecule has 0 amide bonds. The smallest absolute Gasteiger partial charge is 0.416 e. The number of alkyl halides is 3. The van der Waals surface area contributed by atoms with Gasteiger partial charge >= 0.3 is 6.18 Å². The minimum Gasteiger partial charge on any atom is -0.493 e. The SMILES string of the molecule is CCOc1cc(C(F)(F)F)ccc1C1=N[C@@](C)(c2ccc(Cl)cc2)[C@@](C)(c2ccc(Cl)cc2)N1C(O)N(CCO)CCO. The Morgan fingerprint density at radius 2 is 1.44 bits per heavy atom. The lowest BCUT2D eigenvalue weighted by atomic mass is 9.71. The molecule has 1 heterocycles. The van der Waals surface area contributed by atoms with E-state index in [9.17, 15) is 28.5 Å². The number of ether oxygens (including phenoxy) is 1. The molecule has 0 saturated carbocycles. The van der Waals surface area contributed by atoms with Crippen molar-refractivity contribution in [2.45, 2.75) is 44.4 Å². The average Bonchev–Trinajstić information content (AvgIpc) is 3.21. The van der Waals surface area contributed by atoms with E-state index < -0.39 is 29.2 Å². The third-order valence-corrected chi connectivity index (χ3v) is 8.49. The van der Waals surface area contributed by atoms with Crippen molar-refractivity contribution in [2.24, 2.45) is 4.99 Å². The van der Waals surface area contributed by atoms with Crippen molar-refractivity contribution in [3.63, 3.8) is 0 Å². The van der Waals surface area contributed by atoms with Gasteiger partial charge < -0.3 is 25.0 Å². The molecule has 3 N–H and O–H groups in total. The standard InChI is InChI=1S/C31H34Cl2F3N3O4/c1-4-43-26-19-22(31(34,35)36)9-14-25(26)27-37-29(2,20-5-10-23(32)11-6-20)30(3,21-7-12-24(33)13-8-21)39(27)28(42)38(15-17-40)16-18-41/h5-14,19,28,40-42H,4,15-18H2,1-3H3/t28?,29-,30+/m0/s1. The van der Waals surface area contributed by atoms with Crippen molar-refractivity contribution in [3.8, 4) is 5.75 Å². The first-order chi connectivity index (χ1) is 20.3. The van der Waals surface area contributed by atoms with Crippen LogP contribution in [0.4, 0.5) is 13.2 Å². The molecule has 1 unspecified atom stereocenters. The molecule has 7 nitrogen and oxygen atoms in total. The maximum atomic E-state index is 13.7. The van der Waals surface area contributed by atoms with Gasteiger partial charge in [0.15, 0.2) is 6.35 Å². The summed E-state index contributed by atoms with van der Waals surface area (Å²) < 4.78 is 46.9. The zero-order valence-electron chi connectivity index (χ0n) is 23.9. The Bertz CT molecular complexity index is 1430. The molecule has 0 radical (unpaired) electrons. The molecular weight excluding hydrogens is 606 g/mol. The monoisotopic (exact) mass is 639 g/mol. The zero-order valence-corrected chi connectivity index (χ0v) is 25.5. The van der Waals surface area contributed by atoms with Gasteiger partial charge in [-0.2, -0.15) is 13.2 Å². The number of nitrogens with zero attached hydrogens (tertiary/aromatic N) is 3. The van der Waals surface area contributed by atoms with E-state index in [2.05, 4.69) is 0 Å². The van der Waals surface area contributed by atoms with E-state index in [0.717, 1.165) is 12.1 Å². The molecule has 0 aliphatic carbocycles. The third-order valence-electron chi connectivity index (χ3n) is 7.98. The van der Waals surface area contributed by atoms with Crippen LogP contribution in [0.15, 0.2) is 71.7 Å². The Kier molecular flexibility index (Phi) is 10.0. The van der Waals surface area contributed by atoms with Gasteiger partial charge in [0.1, 0.15) is 17.1 Å². The van der Waals surface area contributed by atoms with Gasteiger partial charge in [0.25, 0.3) is 0 Å². The number of benzene rings is 3. The molecular formula is C31H34Cl2F3N3O4. The normalized spacial score (nSPS) is 21.3. The first-order valence-corrected chi connectivity index (χ1v) is 14.5. The zero-order chi connectivity index (χ0) is 31.6. The molecule has 0 fully saturated rings. The summed E-state index contributed by atoms with van der Waals surface area (Å²) >= 11 is 12.5. The lowest BCUT2D eigenvalue weighted by Crippen LogP contribution is -2.61. The highest BCUT2D eigenvalue weighted by molar-refractivity contribution is 6.30. The Hall–Kier alpha value is -2.86. The number of hydrogen-bond acceptors (Lipinski definition) is 7. The van der Waals surface area contributed by atoms with E-state index in [4.69, 9.17) is 32.9 Å². The average molecular weight is 641 g/mol. The number of halogens is 5. The van der Waals surface area contributed by atoms with E-state index >= 15 is 0 Å². The largest absolute Gasteiger partial charge is 0.493 e. The molecule has 0 aromatic heterocycles. The fourth-order valence-electron chi connectivity index (χ4n) is 5.59. The number of aliphatic hydroxyl groups excluding tert-OH is 3. The highest BCUT2D eigenvalue weighted by Crippen LogP contribution is 2.54. The van der Waals surface area contributed by atoms with E-state index in [-0.39, 0.29) is 50.1 Å². The summed E-state index contributed by atoms with van der Waals surface area (Å²) in [7, 11) is 0. The molecule has 4 rings (SSSR count). The van der Waals surface area contributed by atoms with Crippen molar-refractivity contribution in [3.05, 3.63) is 99.0 Å². The van der Waals surface area contributed by atoms with Crippen molar-refractivity contribution >= 4 is 29.0 Å². The topological polar surface area (TPSA) is 88.8 Å². The first-order valence-electron chi connectivity index (χ1n) is 13.7. The van der Waals surface area contributed by atoms with Gasteiger partial charge in [-0.1, -0.05) is 47.5 Å². The van der Waals surface area contributed by atoms with Gasteiger partial charge in [0.2, 0.25) is 0 Å². The number of hydrogen-bond donors (Lipinski definition) is 3. The molecule has 43 heavy (non-hydrogen) atoms. The van der Waals surface area contributed by atoms with Gasteiger partial charge in [0.05, 0.1) is 36.5 Å². The summed E-state index contributed by atoms with van der Waals surface area (Å²) in [6.07, 6.45) is -6.11. The molecule has 3 atom stereocenters. The van der Waals surface area contributed by atoms with Crippen molar-refractivity contribution in [1.82, 2.24) is 9.80 Å². The van der Waals surface area contributed by atoms with Crippen LogP contribution in [0.3, 0.4) is 0 Å². The Morgan fingerprint density at radius 1 is 0.907 bits per heavy atom. The molecule has 3 aromatic carbocycles. The molecule has 0 saturated heterocycles.